The van der Waals surface area contributed by atoms with Crippen LogP contribution in [0.4, 0.5) is 13.2 Å². The van der Waals surface area contributed by atoms with E-state index in [0.29, 0.717) is 0 Å². The van der Waals surface area contributed by atoms with Gasteiger partial charge in [0.05, 0.1) is 5.56 Å². The number of carbonyl (C=O) groups excluding carboxylic acids is 1. The largest absolute Gasteiger partial charge is 0.503 e. The molecule has 0 radical (unpaired) electrons. The highest BCUT2D eigenvalue weighted by Gasteiger charge is 2.25. The molecular formula is C11H10F3NO4. The summed E-state index contributed by atoms with van der Waals surface area (Å²) in [6, 6.07) is -1.06. The zero-order valence-electron chi connectivity index (χ0n) is 9.71. The summed E-state index contributed by atoms with van der Waals surface area (Å²) in [4.78, 5) is 22.2. The number of halogens is 3. The summed E-state index contributed by atoms with van der Waals surface area (Å²) in [5.41, 5.74) is -0.976. The number of phenols is 1. The van der Waals surface area contributed by atoms with Crippen LogP contribution in [-0.4, -0.2) is 28.1 Å². The Bertz CT molecular complexity index is 533. The Hall–Kier alpha value is -2.25. The van der Waals surface area contributed by atoms with Gasteiger partial charge in [-0.2, -0.15) is 4.39 Å². The van der Waals surface area contributed by atoms with Crippen molar-refractivity contribution in [1.82, 2.24) is 5.32 Å². The highest BCUT2D eigenvalue weighted by Crippen LogP contribution is 2.25. The van der Waals surface area contributed by atoms with Gasteiger partial charge < -0.3 is 15.5 Å². The number of carboxylic acids is 1. The highest BCUT2D eigenvalue weighted by molar-refractivity contribution is 5.97. The van der Waals surface area contributed by atoms with Crippen molar-refractivity contribution in [3.63, 3.8) is 0 Å². The number of hydrogen-bond donors (Lipinski definition) is 3. The number of amides is 1. The number of nitrogens with one attached hydrogen (secondary N) is 1. The molecule has 0 saturated carbocycles. The summed E-state index contributed by atoms with van der Waals surface area (Å²) in [6.45, 7) is 1.46. The van der Waals surface area contributed by atoms with E-state index < -0.39 is 46.7 Å². The quantitative estimate of drug-likeness (QED) is 0.726. The number of aliphatic carboxylic acids is 1. The molecular weight excluding hydrogens is 267 g/mol. The van der Waals surface area contributed by atoms with E-state index in [2.05, 4.69) is 0 Å². The number of phenolic OH excluding ortho intramolecular Hbond substituents is 1. The summed E-state index contributed by atoms with van der Waals surface area (Å²) >= 11 is 0. The van der Waals surface area contributed by atoms with E-state index >= 15 is 0 Å². The van der Waals surface area contributed by atoms with Crippen molar-refractivity contribution in [2.75, 3.05) is 0 Å². The fourth-order valence-electron chi connectivity index (χ4n) is 1.33. The van der Waals surface area contributed by atoms with Gasteiger partial charge in [-0.3, -0.25) is 4.79 Å². The molecule has 0 aliphatic rings. The van der Waals surface area contributed by atoms with Crippen molar-refractivity contribution in [2.45, 2.75) is 19.4 Å². The minimum Gasteiger partial charge on any atom is -0.503 e. The van der Waals surface area contributed by atoms with Gasteiger partial charge in [-0.25, -0.2) is 13.6 Å². The molecule has 0 aliphatic heterocycles. The summed E-state index contributed by atoms with van der Waals surface area (Å²) in [7, 11) is 0. The third-order valence-electron chi connectivity index (χ3n) is 2.39. The van der Waals surface area contributed by atoms with Crippen molar-refractivity contribution in [3.05, 3.63) is 29.1 Å². The Balaban J connectivity index is 3.11. The molecule has 104 valence electrons. The van der Waals surface area contributed by atoms with Gasteiger partial charge >= 0.3 is 5.97 Å². The maximum absolute atomic E-state index is 13.4. The van der Waals surface area contributed by atoms with Crippen LogP contribution in [0, 0.1) is 17.5 Å². The number of carbonyl (C=O) groups is 2. The molecule has 1 aromatic rings. The molecule has 1 rings (SSSR count). The van der Waals surface area contributed by atoms with E-state index in [1.807, 2.05) is 5.32 Å². The van der Waals surface area contributed by atoms with Crippen LogP contribution < -0.4 is 5.32 Å². The SMILES string of the molecule is CCC(NC(=O)c1cc(F)c(F)c(O)c1F)C(=O)O. The number of hydrogen-bond acceptors (Lipinski definition) is 3. The van der Waals surface area contributed by atoms with Crippen molar-refractivity contribution in [2.24, 2.45) is 0 Å². The Labute approximate surface area is 105 Å². The highest BCUT2D eigenvalue weighted by atomic mass is 19.2. The molecule has 0 fully saturated rings. The average Bonchev–Trinajstić information content (AvgIpc) is 2.36. The van der Waals surface area contributed by atoms with Gasteiger partial charge in [-0.1, -0.05) is 6.92 Å². The van der Waals surface area contributed by atoms with Crippen LogP contribution in [0.25, 0.3) is 0 Å². The van der Waals surface area contributed by atoms with Crippen LogP contribution in [0.1, 0.15) is 23.7 Å². The first-order valence-electron chi connectivity index (χ1n) is 5.19. The molecule has 0 heterocycles. The molecule has 0 spiro atoms. The van der Waals surface area contributed by atoms with Crippen LogP contribution in [0.15, 0.2) is 6.07 Å². The topological polar surface area (TPSA) is 86.6 Å². The van der Waals surface area contributed by atoms with E-state index in [9.17, 15) is 22.8 Å². The van der Waals surface area contributed by atoms with Gasteiger partial charge in [0.25, 0.3) is 5.91 Å². The Kier molecular flexibility index (Phi) is 4.36. The third-order valence-corrected chi connectivity index (χ3v) is 2.39. The maximum atomic E-state index is 13.4. The van der Waals surface area contributed by atoms with Crippen molar-refractivity contribution in [3.8, 4) is 5.75 Å². The minimum atomic E-state index is -1.82. The zero-order chi connectivity index (χ0) is 14.7. The lowest BCUT2D eigenvalue weighted by Crippen LogP contribution is -2.40. The summed E-state index contributed by atoms with van der Waals surface area (Å²) < 4.78 is 39.1. The lowest BCUT2D eigenvalue weighted by Gasteiger charge is -2.13. The van der Waals surface area contributed by atoms with E-state index in [0.717, 1.165) is 0 Å². The van der Waals surface area contributed by atoms with E-state index in [4.69, 9.17) is 10.2 Å². The van der Waals surface area contributed by atoms with Crippen molar-refractivity contribution < 1.29 is 33.0 Å². The van der Waals surface area contributed by atoms with Crippen LogP contribution in [0.5, 0.6) is 5.75 Å². The number of rotatable bonds is 4. The number of benzene rings is 1. The van der Waals surface area contributed by atoms with Crippen LogP contribution in [-0.2, 0) is 4.79 Å². The number of carboxylic acid groups (broad SMARTS) is 1. The third kappa shape index (κ3) is 2.95. The van der Waals surface area contributed by atoms with Crippen LogP contribution >= 0.6 is 0 Å². The van der Waals surface area contributed by atoms with E-state index in [1.54, 1.807) is 0 Å². The second-order valence-electron chi connectivity index (χ2n) is 3.66. The summed E-state index contributed by atoms with van der Waals surface area (Å²) in [5, 5.41) is 19.5. The average molecular weight is 277 g/mol. The van der Waals surface area contributed by atoms with E-state index in [1.165, 1.54) is 6.92 Å². The van der Waals surface area contributed by atoms with E-state index in [-0.39, 0.29) is 12.5 Å². The summed E-state index contributed by atoms with van der Waals surface area (Å²) in [6.07, 6.45) is 0.0123. The van der Waals surface area contributed by atoms with Crippen molar-refractivity contribution >= 4 is 11.9 Å². The molecule has 0 saturated heterocycles. The lowest BCUT2D eigenvalue weighted by atomic mass is 10.1. The molecule has 1 atom stereocenters. The molecule has 0 aromatic heterocycles. The van der Waals surface area contributed by atoms with Gasteiger partial charge in [0, 0.05) is 0 Å². The monoisotopic (exact) mass is 277 g/mol. The molecule has 1 unspecified atom stereocenters. The zero-order valence-corrected chi connectivity index (χ0v) is 9.71. The molecule has 0 bridgehead atoms. The van der Waals surface area contributed by atoms with Crippen LogP contribution in [0.2, 0.25) is 0 Å². The van der Waals surface area contributed by atoms with Gasteiger partial charge in [0.15, 0.2) is 17.4 Å². The predicted octanol–water partition coefficient (Wildman–Crippen LogP) is 1.40. The first kappa shape index (κ1) is 14.8. The number of aromatic hydroxyl groups is 1. The fraction of sp³-hybridized carbons (Fsp3) is 0.273. The predicted molar refractivity (Wildman–Crippen MR) is 57.2 cm³/mol. The molecule has 3 N–H and O–H groups in total. The summed E-state index contributed by atoms with van der Waals surface area (Å²) in [5.74, 6) is -9.35. The fourth-order valence-corrected chi connectivity index (χ4v) is 1.33. The Morgan fingerprint density at radius 2 is 1.89 bits per heavy atom. The Morgan fingerprint density at radius 1 is 1.32 bits per heavy atom. The molecule has 8 heteroatoms. The molecule has 19 heavy (non-hydrogen) atoms. The maximum Gasteiger partial charge on any atom is 0.326 e. The van der Waals surface area contributed by atoms with Crippen LogP contribution in [0.3, 0.4) is 0 Å². The molecule has 1 aromatic carbocycles. The van der Waals surface area contributed by atoms with Gasteiger partial charge in [0.1, 0.15) is 6.04 Å². The van der Waals surface area contributed by atoms with Gasteiger partial charge in [-0.15, -0.1) is 0 Å². The molecule has 1 amide bonds. The Morgan fingerprint density at radius 3 is 2.37 bits per heavy atom. The van der Waals surface area contributed by atoms with Gasteiger partial charge in [-0.05, 0) is 12.5 Å². The minimum absolute atomic E-state index is 0.0123. The first-order chi connectivity index (χ1) is 8.79. The van der Waals surface area contributed by atoms with Gasteiger partial charge in [0.2, 0.25) is 5.82 Å². The smallest absolute Gasteiger partial charge is 0.326 e. The second-order valence-corrected chi connectivity index (χ2v) is 3.66. The first-order valence-corrected chi connectivity index (χ1v) is 5.19. The lowest BCUT2D eigenvalue weighted by molar-refractivity contribution is -0.139. The molecule has 5 nitrogen and oxygen atoms in total. The van der Waals surface area contributed by atoms with Crippen molar-refractivity contribution in [1.29, 1.82) is 0 Å². The standard InChI is InChI=1S/C11H10F3NO4/c1-2-6(11(18)19)15-10(17)4-3-5(12)8(14)9(16)7(4)13/h3,6,16H,2H2,1H3,(H,15,17)(H,18,19). The molecule has 0 aliphatic carbocycles. The second kappa shape index (κ2) is 5.59. The normalized spacial score (nSPS) is 12.0.